The summed E-state index contributed by atoms with van der Waals surface area (Å²) in [4.78, 5) is 5.70. The number of aryl methyl sites for hydroxylation is 2. The lowest BCUT2D eigenvalue weighted by Gasteiger charge is -2.19. The molecule has 2 aromatic rings. The first-order valence-corrected chi connectivity index (χ1v) is 8.52. The summed E-state index contributed by atoms with van der Waals surface area (Å²) in [6, 6.07) is 11.2. The monoisotopic (exact) mass is 300 g/mol. The van der Waals surface area contributed by atoms with Crippen molar-refractivity contribution in [3.63, 3.8) is 0 Å². The lowest BCUT2D eigenvalue weighted by molar-refractivity contribution is 0.575. The summed E-state index contributed by atoms with van der Waals surface area (Å²) < 4.78 is 0. The normalized spacial score (nSPS) is 12.3. The average molecular weight is 300 g/mol. The van der Waals surface area contributed by atoms with Crippen LogP contribution < -0.4 is 5.32 Å². The lowest BCUT2D eigenvalue weighted by Crippen LogP contribution is -2.24. The first-order chi connectivity index (χ1) is 10.2. The Balaban J connectivity index is 2.08. The van der Waals surface area contributed by atoms with E-state index in [2.05, 4.69) is 61.4 Å². The quantitative estimate of drug-likeness (QED) is 0.760. The molecule has 1 N–H and O–H groups in total. The van der Waals surface area contributed by atoms with Gasteiger partial charge in [-0.2, -0.15) is 0 Å². The number of pyridine rings is 1. The molecule has 1 aromatic carbocycles. The van der Waals surface area contributed by atoms with Crippen molar-refractivity contribution >= 4 is 11.8 Å². The maximum Gasteiger partial charge on any atom is 0.0430 e. The van der Waals surface area contributed by atoms with E-state index in [0.29, 0.717) is 6.04 Å². The molecule has 1 heterocycles. The minimum Gasteiger partial charge on any atom is -0.309 e. The summed E-state index contributed by atoms with van der Waals surface area (Å²) in [7, 11) is 0. The van der Waals surface area contributed by atoms with Gasteiger partial charge in [0.05, 0.1) is 0 Å². The van der Waals surface area contributed by atoms with Crippen molar-refractivity contribution in [3.8, 4) is 0 Å². The summed E-state index contributed by atoms with van der Waals surface area (Å²) >= 11 is 1.92. The van der Waals surface area contributed by atoms with Gasteiger partial charge in [0.25, 0.3) is 0 Å². The summed E-state index contributed by atoms with van der Waals surface area (Å²) in [6.45, 7) is 7.51. The molecule has 0 saturated heterocycles. The number of nitrogens with one attached hydrogen (secondary N) is 1. The van der Waals surface area contributed by atoms with Crippen molar-refractivity contribution in [2.45, 2.75) is 38.1 Å². The molecule has 2 nitrogen and oxygen atoms in total. The molecular weight excluding hydrogens is 276 g/mol. The van der Waals surface area contributed by atoms with Crippen LogP contribution in [0.25, 0.3) is 0 Å². The van der Waals surface area contributed by atoms with E-state index in [1.54, 1.807) is 0 Å². The zero-order chi connectivity index (χ0) is 15.1. The SMILES string of the molecule is CCCNC(CSc1ccccc1C)c1cncc(C)c1. The number of aromatic nitrogens is 1. The maximum atomic E-state index is 4.34. The van der Waals surface area contributed by atoms with Gasteiger partial charge < -0.3 is 5.32 Å². The second-order valence-electron chi connectivity index (χ2n) is 5.38. The van der Waals surface area contributed by atoms with Gasteiger partial charge in [-0.25, -0.2) is 0 Å². The molecule has 1 aromatic heterocycles. The van der Waals surface area contributed by atoms with Crippen molar-refractivity contribution in [2.24, 2.45) is 0 Å². The van der Waals surface area contributed by atoms with E-state index in [9.17, 15) is 0 Å². The van der Waals surface area contributed by atoms with E-state index >= 15 is 0 Å². The average Bonchev–Trinajstić information content (AvgIpc) is 2.49. The van der Waals surface area contributed by atoms with E-state index in [1.807, 2.05) is 24.2 Å². The minimum absolute atomic E-state index is 0.349. The molecule has 2 rings (SSSR count). The Kier molecular flexibility index (Phi) is 6.27. The van der Waals surface area contributed by atoms with Crippen LogP contribution in [-0.4, -0.2) is 17.3 Å². The molecule has 0 saturated carbocycles. The molecule has 0 radical (unpaired) electrons. The van der Waals surface area contributed by atoms with E-state index in [4.69, 9.17) is 0 Å². The highest BCUT2D eigenvalue weighted by atomic mass is 32.2. The van der Waals surface area contributed by atoms with Crippen molar-refractivity contribution in [1.29, 1.82) is 0 Å². The van der Waals surface area contributed by atoms with Gasteiger partial charge in [-0.05, 0) is 49.6 Å². The molecule has 0 aliphatic heterocycles. The molecule has 0 aliphatic rings. The van der Waals surface area contributed by atoms with E-state index in [0.717, 1.165) is 18.7 Å². The van der Waals surface area contributed by atoms with Gasteiger partial charge in [-0.3, -0.25) is 4.98 Å². The van der Waals surface area contributed by atoms with Crippen molar-refractivity contribution < 1.29 is 0 Å². The molecule has 0 aliphatic carbocycles. The Morgan fingerprint density at radius 1 is 1.19 bits per heavy atom. The molecule has 3 heteroatoms. The Labute approximate surface area is 132 Å². The number of benzene rings is 1. The van der Waals surface area contributed by atoms with Gasteiger partial charge in [0.15, 0.2) is 0 Å². The Morgan fingerprint density at radius 3 is 2.71 bits per heavy atom. The zero-order valence-electron chi connectivity index (χ0n) is 13.1. The second kappa shape index (κ2) is 8.20. The number of nitrogens with zero attached hydrogens (tertiary/aromatic N) is 1. The molecule has 0 spiro atoms. The third kappa shape index (κ3) is 4.87. The second-order valence-corrected chi connectivity index (χ2v) is 6.44. The summed E-state index contributed by atoms with van der Waals surface area (Å²) in [5, 5.41) is 3.64. The number of rotatable bonds is 7. The molecule has 1 unspecified atom stereocenters. The van der Waals surface area contributed by atoms with Crippen LogP contribution in [0.5, 0.6) is 0 Å². The third-order valence-electron chi connectivity index (χ3n) is 3.44. The van der Waals surface area contributed by atoms with Crippen molar-refractivity contribution in [3.05, 3.63) is 59.4 Å². The van der Waals surface area contributed by atoms with Crippen LogP contribution in [-0.2, 0) is 0 Å². The fourth-order valence-corrected chi connectivity index (χ4v) is 3.38. The molecule has 0 amide bonds. The summed E-state index contributed by atoms with van der Waals surface area (Å²) in [6.07, 6.45) is 5.04. The highest BCUT2D eigenvalue weighted by Gasteiger charge is 2.12. The van der Waals surface area contributed by atoms with E-state index in [1.165, 1.54) is 21.6 Å². The zero-order valence-corrected chi connectivity index (χ0v) is 13.9. The number of hydrogen-bond donors (Lipinski definition) is 1. The van der Waals surface area contributed by atoms with E-state index < -0.39 is 0 Å². The van der Waals surface area contributed by atoms with Crippen LogP contribution in [0.2, 0.25) is 0 Å². The topological polar surface area (TPSA) is 24.9 Å². The van der Waals surface area contributed by atoms with Crippen LogP contribution in [0.3, 0.4) is 0 Å². The Bertz CT molecular complexity index is 569. The molecule has 1 atom stereocenters. The van der Waals surface area contributed by atoms with Crippen LogP contribution >= 0.6 is 11.8 Å². The predicted octanol–water partition coefficient (Wildman–Crippen LogP) is 4.53. The third-order valence-corrected chi connectivity index (χ3v) is 4.71. The fraction of sp³-hybridized carbons (Fsp3) is 0.389. The molecule has 0 bridgehead atoms. The molecule has 112 valence electrons. The van der Waals surface area contributed by atoms with Gasteiger partial charge in [0.1, 0.15) is 0 Å². The van der Waals surface area contributed by atoms with Gasteiger partial charge in [0.2, 0.25) is 0 Å². The molecule has 0 fully saturated rings. The van der Waals surface area contributed by atoms with Crippen molar-refractivity contribution in [1.82, 2.24) is 10.3 Å². The minimum atomic E-state index is 0.349. The summed E-state index contributed by atoms with van der Waals surface area (Å²) in [5.74, 6) is 1.02. The first-order valence-electron chi connectivity index (χ1n) is 7.54. The Morgan fingerprint density at radius 2 is 2.00 bits per heavy atom. The van der Waals surface area contributed by atoms with Gasteiger partial charge in [0, 0.05) is 29.1 Å². The van der Waals surface area contributed by atoms with Crippen LogP contribution in [0.4, 0.5) is 0 Å². The largest absolute Gasteiger partial charge is 0.309 e. The van der Waals surface area contributed by atoms with Gasteiger partial charge in [-0.15, -0.1) is 11.8 Å². The smallest absolute Gasteiger partial charge is 0.0430 e. The van der Waals surface area contributed by atoms with Crippen LogP contribution in [0.1, 0.15) is 36.1 Å². The number of hydrogen-bond acceptors (Lipinski definition) is 3. The standard InChI is InChI=1S/C18H24N2S/c1-4-9-20-17(16-10-14(2)11-19-12-16)13-21-18-8-6-5-7-15(18)3/h5-8,10-12,17,20H,4,9,13H2,1-3H3. The summed E-state index contributed by atoms with van der Waals surface area (Å²) in [5.41, 5.74) is 3.85. The first kappa shape index (κ1) is 16.1. The molecule has 21 heavy (non-hydrogen) atoms. The van der Waals surface area contributed by atoms with E-state index in [-0.39, 0.29) is 0 Å². The maximum absolute atomic E-state index is 4.34. The van der Waals surface area contributed by atoms with Gasteiger partial charge in [-0.1, -0.05) is 31.2 Å². The van der Waals surface area contributed by atoms with Crippen LogP contribution in [0, 0.1) is 13.8 Å². The predicted molar refractivity (Wildman–Crippen MR) is 91.9 cm³/mol. The number of thioether (sulfide) groups is 1. The van der Waals surface area contributed by atoms with Gasteiger partial charge >= 0.3 is 0 Å². The lowest BCUT2D eigenvalue weighted by atomic mass is 10.1. The highest BCUT2D eigenvalue weighted by molar-refractivity contribution is 7.99. The Hall–Kier alpha value is -1.32. The van der Waals surface area contributed by atoms with Crippen molar-refractivity contribution in [2.75, 3.05) is 12.3 Å². The van der Waals surface area contributed by atoms with Crippen LogP contribution in [0.15, 0.2) is 47.6 Å². The fourth-order valence-electron chi connectivity index (χ4n) is 2.25. The highest BCUT2D eigenvalue weighted by Crippen LogP contribution is 2.27. The molecular formula is C18H24N2S.